The largest absolute Gasteiger partial charge is 0.492 e. The Morgan fingerprint density at radius 2 is 2.00 bits per heavy atom. The standard InChI is InChI=1S/C19H21N3O5/c1-3-16-20-12(2)10-17(23)22(16)8-9-26-14-6-4-13(5-7-14)11-15-18(24)21-19(25)27-15/h4-7,10,24H,3,8-9,11H2,1-2H3,(H,21,25). The number of oxazole rings is 1. The number of aromatic nitrogens is 3. The molecule has 0 spiro atoms. The van der Waals surface area contributed by atoms with Gasteiger partial charge < -0.3 is 14.3 Å². The van der Waals surface area contributed by atoms with E-state index >= 15 is 0 Å². The predicted octanol–water partition coefficient (Wildman–Crippen LogP) is 1.77. The lowest BCUT2D eigenvalue weighted by Crippen LogP contribution is -2.27. The van der Waals surface area contributed by atoms with Crippen LogP contribution in [0, 0.1) is 6.92 Å². The monoisotopic (exact) mass is 371 g/mol. The maximum Gasteiger partial charge on any atom is 0.419 e. The molecule has 2 heterocycles. The lowest BCUT2D eigenvalue weighted by atomic mass is 10.1. The number of hydrogen-bond acceptors (Lipinski definition) is 6. The van der Waals surface area contributed by atoms with Crippen LogP contribution in [0.2, 0.25) is 0 Å². The summed E-state index contributed by atoms with van der Waals surface area (Å²) in [5.41, 5.74) is 1.49. The first-order valence-corrected chi connectivity index (χ1v) is 8.66. The summed E-state index contributed by atoms with van der Waals surface area (Å²) in [5, 5.41) is 9.55. The van der Waals surface area contributed by atoms with Gasteiger partial charge in [0.25, 0.3) is 5.56 Å². The summed E-state index contributed by atoms with van der Waals surface area (Å²) in [7, 11) is 0. The molecule has 0 radical (unpaired) electrons. The van der Waals surface area contributed by atoms with Crippen LogP contribution < -0.4 is 16.1 Å². The van der Waals surface area contributed by atoms with Crippen molar-refractivity contribution in [1.82, 2.24) is 14.5 Å². The third-order valence-electron chi connectivity index (χ3n) is 4.10. The quantitative estimate of drug-likeness (QED) is 0.655. The van der Waals surface area contributed by atoms with Crippen molar-refractivity contribution in [1.29, 1.82) is 0 Å². The van der Waals surface area contributed by atoms with E-state index in [0.29, 0.717) is 31.0 Å². The maximum absolute atomic E-state index is 12.1. The van der Waals surface area contributed by atoms with Gasteiger partial charge >= 0.3 is 5.76 Å². The van der Waals surface area contributed by atoms with Crippen molar-refractivity contribution in [3.63, 3.8) is 0 Å². The molecule has 8 nitrogen and oxygen atoms in total. The summed E-state index contributed by atoms with van der Waals surface area (Å²) in [5.74, 6) is 0.641. The molecule has 8 heteroatoms. The van der Waals surface area contributed by atoms with Gasteiger partial charge in [0.1, 0.15) is 18.2 Å². The van der Waals surface area contributed by atoms with Crippen LogP contribution >= 0.6 is 0 Å². The number of ether oxygens (including phenoxy) is 1. The van der Waals surface area contributed by atoms with Crippen LogP contribution in [0.3, 0.4) is 0 Å². The summed E-state index contributed by atoms with van der Waals surface area (Å²) >= 11 is 0. The van der Waals surface area contributed by atoms with Crippen LogP contribution in [0.25, 0.3) is 0 Å². The van der Waals surface area contributed by atoms with Gasteiger partial charge in [-0.05, 0) is 24.6 Å². The van der Waals surface area contributed by atoms with Crippen molar-refractivity contribution in [3.05, 3.63) is 74.1 Å². The van der Waals surface area contributed by atoms with E-state index in [2.05, 4.69) is 9.97 Å². The number of aryl methyl sites for hydroxylation is 2. The van der Waals surface area contributed by atoms with Gasteiger partial charge in [0.15, 0.2) is 5.76 Å². The molecular formula is C19H21N3O5. The minimum Gasteiger partial charge on any atom is -0.492 e. The molecule has 2 aromatic heterocycles. The lowest BCUT2D eigenvalue weighted by Gasteiger charge is -2.12. The molecule has 142 valence electrons. The fourth-order valence-corrected chi connectivity index (χ4v) is 2.80. The van der Waals surface area contributed by atoms with E-state index in [4.69, 9.17) is 9.15 Å². The molecule has 0 aliphatic carbocycles. The topological polar surface area (TPSA) is 110 Å². The van der Waals surface area contributed by atoms with Crippen LogP contribution in [-0.2, 0) is 19.4 Å². The zero-order valence-electron chi connectivity index (χ0n) is 15.2. The normalized spacial score (nSPS) is 10.9. The lowest BCUT2D eigenvalue weighted by molar-refractivity contribution is 0.293. The Hall–Kier alpha value is -3.29. The number of H-pyrrole nitrogens is 1. The molecule has 0 fully saturated rings. The molecule has 3 rings (SSSR count). The summed E-state index contributed by atoms with van der Waals surface area (Å²) in [4.78, 5) is 29.7. The second-order valence-corrected chi connectivity index (χ2v) is 6.11. The Bertz CT molecular complexity index is 1030. The molecule has 0 amide bonds. The molecule has 1 aromatic carbocycles. The zero-order valence-corrected chi connectivity index (χ0v) is 15.2. The van der Waals surface area contributed by atoms with Crippen molar-refractivity contribution >= 4 is 0 Å². The van der Waals surface area contributed by atoms with E-state index in [9.17, 15) is 14.7 Å². The van der Waals surface area contributed by atoms with Crippen molar-refractivity contribution < 1.29 is 14.3 Å². The van der Waals surface area contributed by atoms with Crippen molar-refractivity contribution in [2.75, 3.05) is 6.61 Å². The van der Waals surface area contributed by atoms with Crippen molar-refractivity contribution in [2.45, 2.75) is 33.2 Å². The smallest absolute Gasteiger partial charge is 0.419 e. The molecule has 0 unspecified atom stereocenters. The SMILES string of the molecule is CCc1nc(C)cc(=O)n1CCOc1ccc(Cc2oc(=O)[nH]c2O)cc1. The number of hydrogen-bond donors (Lipinski definition) is 2. The van der Waals surface area contributed by atoms with Gasteiger partial charge in [-0.3, -0.25) is 14.3 Å². The van der Waals surface area contributed by atoms with Gasteiger partial charge in [0.2, 0.25) is 5.88 Å². The maximum atomic E-state index is 12.1. The second-order valence-electron chi connectivity index (χ2n) is 6.11. The molecule has 0 atom stereocenters. The van der Waals surface area contributed by atoms with E-state index < -0.39 is 5.76 Å². The van der Waals surface area contributed by atoms with Crippen LogP contribution in [-0.4, -0.2) is 26.2 Å². The Labute approximate surface area is 155 Å². The van der Waals surface area contributed by atoms with Gasteiger partial charge in [-0.1, -0.05) is 19.1 Å². The van der Waals surface area contributed by atoms with Gasteiger partial charge in [0, 0.05) is 24.6 Å². The van der Waals surface area contributed by atoms with E-state index in [-0.39, 0.29) is 23.6 Å². The molecule has 0 aliphatic heterocycles. The van der Waals surface area contributed by atoms with Crippen LogP contribution in [0.5, 0.6) is 11.6 Å². The third-order valence-corrected chi connectivity index (χ3v) is 4.10. The van der Waals surface area contributed by atoms with Crippen LogP contribution in [0.4, 0.5) is 0 Å². The predicted molar refractivity (Wildman–Crippen MR) is 98.3 cm³/mol. The summed E-state index contributed by atoms with van der Waals surface area (Å²) in [6, 6.07) is 8.72. The molecule has 0 saturated carbocycles. The highest BCUT2D eigenvalue weighted by Gasteiger charge is 2.10. The van der Waals surface area contributed by atoms with Crippen LogP contribution in [0.15, 0.2) is 44.3 Å². The third kappa shape index (κ3) is 4.46. The first kappa shape index (κ1) is 18.5. The van der Waals surface area contributed by atoms with Gasteiger partial charge in [0.05, 0.1) is 6.54 Å². The number of benzene rings is 1. The van der Waals surface area contributed by atoms with Gasteiger partial charge in [-0.25, -0.2) is 9.78 Å². The minimum absolute atomic E-state index is 0.0777. The molecule has 27 heavy (non-hydrogen) atoms. The van der Waals surface area contributed by atoms with E-state index in [0.717, 1.165) is 11.4 Å². The molecule has 0 bridgehead atoms. The van der Waals surface area contributed by atoms with Crippen LogP contribution in [0.1, 0.15) is 29.8 Å². The average molecular weight is 371 g/mol. The number of aromatic hydroxyl groups is 1. The number of aromatic amines is 1. The molecule has 2 N–H and O–H groups in total. The highest BCUT2D eigenvalue weighted by Crippen LogP contribution is 2.18. The minimum atomic E-state index is -0.685. The molecule has 3 aromatic rings. The average Bonchev–Trinajstić information content (AvgIpc) is 2.95. The summed E-state index contributed by atoms with van der Waals surface area (Å²) < 4.78 is 12.2. The Morgan fingerprint density at radius 3 is 2.63 bits per heavy atom. The van der Waals surface area contributed by atoms with Gasteiger partial charge in [-0.2, -0.15) is 0 Å². The highest BCUT2D eigenvalue weighted by atomic mass is 16.5. The molecular weight excluding hydrogens is 350 g/mol. The van der Waals surface area contributed by atoms with E-state index in [1.807, 2.05) is 19.1 Å². The number of nitrogens with one attached hydrogen (secondary N) is 1. The Balaban J connectivity index is 1.60. The number of nitrogens with zero attached hydrogens (tertiary/aromatic N) is 2. The zero-order chi connectivity index (χ0) is 19.4. The van der Waals surface area contributed by atoms with Gasteiger partial charge in [-0.15, -0.1) is 0 Å². The molecule has 0 saturated heterocycles. The van der Waals surface area contributed by atoms with Crippen molar-refractivity contribution in [2.24, 2.45) is 0 Å². The second kappa shape index (κ2) is 7.94. The van der Waals surface area contributed by atoms with E-state index in [1.165, 1.54) is 6.07 Å². The first-order valence-electron chi connectivity index (χ1n) is 8.66. The van der Waals surface area contributed by atoms with Crippen molar-refractivity contribution in [3.8, 4) is 11.6 Å². The first-order chi connectivity index (χ1) is 13.0. The number of rotatable bonds is 7. The Kier molecular flexibility index (Phi) is 5.44. The summed E-state index contributed by atoms with van der Waals surface area (Å²) in [6.07, 6.45) is 0.961. The fraction of sp³-hybridized carbons (Fsp3) is 0.316. The Morgan fingerprint density at radius 1 is 1.26 bits per heavy atom. The fourth-order valence-electron chi connectivity index (χ4n) is 2.80. The molecule has 0 aliphatic rings. The summed E-state index contributed by atoms with van der Waals surface area (Å²) in [6.45, 7) is 4.52. The van der Waals surface area contributed by atoms with E-state index in [1.54, 1.807) is 23.6 Å². The highest BCUT2D eigenvalue weighted by molar-refractivity contribution is 5.30.